The Kier molecular flexibility index (Phi) is 4.02. The highest BCUT2D eigenvalue weighted by molar-refractivity contribution is 7.12. The summed E-state index contributed by atoms with van der Waals surface area (Å²) >= 11 is 1.49. The van der Waals surface area contributed by atoms with Gasteiger partial charge in [0, 0.05) is 17.4 Å². The summed E-state index contributed by atoms with van der Waals surface area (Å²) in [5.74, 6) is 0.473. The minimum Gasteiger partial charge on any atom is -0.294 e. The predicted octanol–water partition coefficient (Wildman–Crippen LogP) is 4.48. The van der Waals surface area contributed by atoms with Gasteiger partial charge in [0.25, 0.3) is 0 Å². The van der Waals surface area contributed by atoms with Gasteiger partial charge in [0.05, 0.1) is 4.88 Å². The largest absolute Gasteiger partial charge is 0.294 e. The van der Waals surface area contributed by atoms with Crippen LogP contribution in [0, 0.1) is 17.8 Å². The third-order valence-corrected chi connectivity index (χ3v) is 5.44. The van der Waals surface area contributed by atoms with E-state index in [0.717, 1.165) is 23.3 Å². The summed E-state index contributed by atoms with van der Waals surface area (Å²) in [6, 6.07) is 13.2. The van der Waals surface area contributed by atoms with Gasteiger partial charge in [0.1, 0.15) is 0 Å². The van der Waals surface area contributed by atoms with Crippen LogP contribution in [0.15, 0.2) is 47.8 Å². The van der Waals surface area contributed by atoms with Gasteiger partial charge in [-0.1, -0.05) is 43.3 Å². The third-order valence-electron chi connectivity index (χ3n) is 4.55. The van der Waals surface area contributed by atoms with Gasteiger partial charge in [0.15, 0.2) is 11.6 Å². The van der Waals surface area contributed by atoms with Crippen molar-refractivity contribution in [1.82, 2.24) is 0 Å². The lowest BCUT2D eigenvalue weighted by molar-refractivity contribution is 0.0844. The number of benzene rings is 1. The second kappa shape index (κ2) is 5.94. The molecule has 0 unspecified atom stereocenters. The van der Waals surface area contributed by atoms with Crippen LogP contribution in [0.1, 0.15) is 39.8 Å². The minimum atomic E-state index is -0.0266. The summed E-state index contributed by atoms with van der Waals surface area (Å²) in [5.41, 5.74) is 0.763. The number of ketones is 2. The summed E-state index contributed by atoms with van der Waals surface area (Å²) in [4.78, 5) is 25.9. The molecule has 1 fully saturated rings. The second-order valence-corrected chi connectivity index (χ2v) is 6.67. The molecule has 1 saturated carbocycles. The summed E-state index contributed by atoms with van der Waals surface area (Å²) in [6.45, 7) is 2.05. The first-order chi connectivity index (χ1) is 10.2. The molecule has 2 aromatic rings. The van der Waals surface area contributed by atoms with Crippen LogP contribution in [0.25, 0.3) is 0 Å². The SMILES string of the molecule is C[C@H]1[C@H](C(=O)c2ccccc2)CC[C@H]1C(=O)c1cccs1. The second-order valence-electron chi connectivity index (χ2n) is 5.72. The van der Waals surface area contributed by atoms with Crippen LogP contribution in [0.4, 0.5) is 0 Å². The lowest BCUT2D eigenvalue weighted by Crippen LogP contribution is -2.24. The van der Waals surface area contributed by atoms with E-state index in [1.54, 1.807) is 0 Å². The van der Waals surface area contributed by atoms with Crippen molar-refractivity contribution < 1.29 is 9.59 Å². The molecule has 0 spiro atoms. The monoisotopic (exact) mass is 298 g/mol. The van der Waals surface area contributed by atoms with E-state index >= 15 is 0 Å². The van der Waals surface area contributed by atoms with Gasteiger partial charge in [-0.25, -0.2) is 0 Å². The quantitative estimate of drug-likeness (QED) is 0.780. The highest BCUT2D eigenvalue weighted by Crippen LogP contribution is 2.40. The van der Waals surface area contributed by atoms with E-state index in [9.17, 15) is 9.59 Å². The normalized spacial score (nSPS) is 24.9. The van der Waals surface area contributed by atoms with Gasteiger partial charge in [-0.2, -0.15) is 0 Å². The number of rotatable bonds is 4. The Bertz CT molecular complexity index is 631. The maximum atomic E-state index is 12.6. The van der Waals surface area contributed by atoms with E-state index in [0.29, 0.717) is 0 Å². The van der Waals surface area contributed by atoms with Crippen molar-refractivity contribution in [3.8, 4) is 0 Å². The highest BCUT2D eigenvalue weighted by atomic mass is 32.1. The molecule has 0 aliphatic heterocycles. The fourth-order valence-corrected chi connectivity index (χ4v) is 4.05. The molecule has 1 aliphatic carbocycles. The van der Waals surface area contributed by atoms with Crippen LogP contribution in [-0.2, 0) is 0 Å². The molecular weight excluding hydrogens is 280 g/mol. The van der Waals surface area contributed by atoms with Crippen molar-refractivity contribution in [2.24, 2.45) is 17.8 Å². The van der Waals surface area contributed by atoms with Gasteiger partial charge in [-0.15, -0.1) is 11.3 Å². The van der Waals surface area contributed by atoms with Gasteiger partial charge < -0.3 is 0 Å². The van der Waals surface area contributed by atoms with Gasteiger partial charge in [-0.3, -0.25) is 9.59 Å². The van der Waals surface area contributed by atoms with Crippen molar-refractivity contribution in [3.05, 3.63) is 58.3 Å². The number of Topliss-reactive ketones (excluding diaryl/α,β-unsaturated/α-hetero) is 2. The number of hydrogen-bond donors (Lipinski definition) is 0. The summed E-state index contributed by atoms with van der Waals surface area (Å²) in [6.07, 6.45) is 1.64. The van der Waals surface area contributed by atoms with Crippen LogP contribution < -0.4 is 0 Å². The number of thiophene rings is 1. The smallest absolute Gasteiger partial charge is 0.176 e. The van der Waals surface area contributed by atoms with E-state index in [-0.39, 0.29) is 29.3 Å². The molecule has 1 aromatic carbocycles. The molecule has 3 heteroatoms. The molecule has 108 valence electrons. The molecule has 1 aromatic heterocycles. The number of hydrogen-bond acceptors (Lipinski definition) is 3. The fourth-order valence-electron chi connectivity index (χ4n) is 3.32. The van der Waals surface area contributed by atoms with Gasteiger partial charge in [0.2, 0.25) is 0 Å². The Labute approximate surface area is 128 Å². The van der Waals surface area contributed by atoms with Crippen molar-refractivity contribution >= 4 is 22.9 Å². The van der Waals surface area contributed by atoms with E-state index in [2.05, 4.69) is 6.92 Å². The van der Waals surface area contributed by atoms with E-state index < -0.39 is 0 Å². The zero-order chi connectivity index (χ0) is 14.8. The Balaban J connectivity index is 1.76. The molecule has 0 bridgehead atoms. The van der Waals surface area contributed by atoms with Gasteiger partial charge in [-0.05, 0) is 30.2 Å². The highest BCUT2D eigenvalue weighted by Gasteiger charge is 2.41. The van der Waals surface area contributed by atoms with E-state index in [1.807, 2.05) is 47.8 Å². The molecule has 2 nitrogen and oxygen atoms in total. The summed E-state index contributed by atoms with van der Waals surface area (Å²) in [7, 11) is 0. The van der Waals surface area contributed by atoms with Crippen LogP contribution in [0.3, 0.4) is 0 Å². The predicted molar refractivity (Wildman–Crippen MR) is 84.8 cm³/mol. The summed E-state index contributed by atoms with van der Waals surface area (Å²) < 4.78 is 0. The zero-order valence-corrected chi connectivity index (χ0v) is 12.8. The van der Waals surface area contributed by atoms with Crippen molar-refractivity contribution in [2.45, 2.75) is 19.8 Å². The van der Waals surface area contributed by atoms with Crippen molar-refractivity contribution in [2.75, 3.05) is 0 Å². The van der Waals surface area contributed by atoms with Crippen LogP contribution >= 0.6 is 11.3 Å². The first kappa shape index (κ1) is 14.2. The van der Waals surface area contributed by atoms with Crippen molar-refractivity contribution in [3.63, 3.8) is 0 Å². The Hall–Kier alpha value is -1.74. The zero-order valence-electron chi connectivity index (χ0n) is 12.0. The fraction of sp³-hybridized carbons (Fsp3) is 0.333. The molecule has 21 heavy (non-hydrogen) atoms. The number of carbonyl (C=O) groups is 2. The maximum absolute atomic E-state index is 12.6. The Morgan fingerprint density at radius 3 is 2.24 bits per heavy atom. The van der Waals surface area contributed by atoms with Gasteiger partial charge >= 0.3 is 0 Å². The molecule has 0 radical (unpaired) electrons. The first-order valence-corrected chi connectivity index (χ1v) is 8.23. The molecule has 3 atom stereocenters. The standard InChI is InChI=1S/C18H18O2S/c1-12-14(17(19)13-6-3-2-4-7-13)9-10-15(12)18(20)16-8-5-11-21-16/h2-8,11-12,14-15H,9-10H2,1H3/t12-,14+,15+/m0/s1. The topological polar surface area (TPSA) is 34.1 Å². The molecule has 0 saturated heterocycles. The minimum absolute atomic E-state index is 0.0127. The molecule has 0 N–H and O–H groups in total. The molecule has 0 amide bonds. The van der Waals surface area contributed by atoms with E-state index in [1.165, 1.54) is 11.3 Å². The lowest BCUT2D eigenvalue weighted by atomic mass is 9.84. The lowest BCUT2D eigenvalue weighted by Gasteiger charge is -2.18. The van der Waals surface area contributed by atoms with Crippen LogP contribution in [-0.4, -0.2) is 11.6 Å². The van der Waals surface area contributed by atoms with Crippen LogP contribution in [0.2, 0.25) is 0 Å². The Morgan fingerprint density at radius 2 is 1.62 bits per heavy atom. The Morgan fingerprint density at radius 1 is 0.952 bits per heavy atom. The molecule has 1 aliphatic rings. The third kappa shape index (κ3) is 2.70. The van der Waals surface area contributed by atoms with Crippen molar-refractivity contribution in [1.29, 1.82) is 0 Å². The first-order valence-electron chi connectivity index (χ1n) is 7.35. The number of carbonyl (C=O) groups excluding carboxylic acids is 2. The average molecular weight is 298 g/mol. The molecule has 3 rings (SSSR count). The molecular formula is C18H18O2S. The van der Waals surface area contributed by atoms with Crippen LogP contribution in [0.5, 0.6) is 0 Å². The molecule has 1 heterocycles. The van der Waals surface area contributed by atoms with E-state index in [4.69, 9.17) is 0 Å². The average Bonchev–Trinajstić information content (AvgIpc) is 3.16. The summed E-state index contributed by atoms with van der Waals surface area (Å²) in [5, 5.41) is 1.93. The maximum Gasteiger partial charge on any atom is 0.176 e.